The summed E-state index contributed by atoms with van der Waals surface area (Å²) >= 11 is 0. The summed E-state index contributed by atoms with van der Waals surface area (Å²) in [7, 11) is 1.47. The molecule has 0 spiro atoms. The molecular weight excluding hydrogens is 302 g/mol. The van der Waals surface area contributed by atoms with Gasteiger partial charge in [-0.1, -0.05) is 39.0 Å². The Bertz CT molecular complexity index is 553. The van der Waals surface area contributed by atoms with E-state index in [9.17, 15) is 4.79 Å². The van der Waals surface area contributed by atoms with Gasteiger partial charge in [0.1, 0.15) is 11.6 Å². The third-order valence-electron chi connectivity index (χ3n) is 5.76. The van der Waals surface area contributed by atoms with E-state index in [1.165, 1.54) is 52.1 Å². The summed E-state index contributed by atoms with van der Waals surface area (Å²) in [6, 6.07) is 1.28. The molecule has 3 atom stereocenters. The molecule has 0 aliphatic carbocycles. The Morgan fingerprint density at radius 3 is 2.79 bits per heavy atom. The fraction of sp³-hybridized carbons (Fsp3) is 0.789. The van der Waals surface area contributed by atoms with Crippen molar-refractivity contribution in [2.24, 2.45) is 0 Å². The summed E-state index contributed by atoms with van der Waals surface area (Å²) in [5.74, 6) is 0.917. The monoisotopic (exact) mass is 334 g/mol. The molecule has 1 saturated heterocycles. The highest BCUT2D eigenvalue weighted by Gasteiger charge is 2.47. The van der Waals surface area contributed by atoms with Gasteiger partial charge in [-0.25, -0.2) is 10.1 Å². The zero-order valence-electron chi connectivity index (χ0n) is 15.4. The molecule has 5 heteroatoms. The first-order chi connectivity index (χ1) is 11.7. The lowest BCUT2D eigenvalue weighted by atomic mass is 9.98. The molecular formula is C19H32N3O2+. The lowest BCUT2D eigenvalue weighted by Gasteiger charge is -2.33. The number of hydrogen-bond donors (Lipinski definition) is 2. The van der Waals surface area contributed by atoms with Crippen LogP contribution in [0.1, 0.15) is 71.6 Å². The predicted octanol–water partition coefficient (Wildman–Crippen LogP) is 2.66. The second-order valence-electron chi connectivity index (χ2n) is 7.44. The van der Waals surface area contributed by atoms with Crippen LogP contribution in [0.3, 0.4) is 0 Å². The number of carbonyl (C=O) groups excluding carboxylic acids is 1. The van der Waals surface area contributed by atoms with E-state index in [-0.39, 0.29) is 12.0 Å². The molecule has 0 unspecified atom stereocenters. The maximum Gasteiger partial charge on any atom is 0.351 e. The smallest absolute Gasteiger partial charge is 0.351 e. The molecule has 5 nitrogen and oxygen atoms in total. The summed E-state index contributed by atoms with van der Waals surface area (Å²) in [5, 5.41) is 7.14. The van der Waals surface area contributed by atoms with Crippen LogP contribution in [-0.4, -0.2) is 41.7 Å². The van der Waals surface area contributed by atoms with E-state index < -0.39 is 0 Å². The van der Waals surface area contributed by atoms with Gasteiger partial charge >= 0.3 is 11.9 Å². The first-order valence-electron chi connectivity index (χ1n) is 9.63. The average Bonchev–Trinajstić information content (AvgIpc) is 2.99. The third kappa shape index (κ3) is 3.31. The van der Waals surface area contributed by atoms with E-state index in [0.717, 1.165) is 30.1 Å². The molecule has 0 aromatic rings. The van der Waals surface area contributed by atoms with Crippen molar-refractivity contribution in [3.8, 4) is 0 Å². The molecule has 24 heavy (non-hydrogen) atoms. The molecule has 2 N–H and O–H groups in total. The quantitative estimate of drug-likeness (QED) is 0.427. The Morgan fingerprint density at radius 2 is 2.04 bits per heavy atom. The first-order valence-corrected chi connectivity index (χ1v) is 9.63. The number of allylic oxidation sites excluding steroid dienone is 1. The normalized spacial score (nSPS) is 28.4. The van der Waals surface area contributed by atoms with Gasteiger partial charge in [0, 0.05) is 6.42 Å². The van der Waals surface area contributed by atoms with Crippen molar-refractivity contribution in [2.75, 3.05) is 7.11 Å². The third-order valence-corrected chi connectivity index (χ3v) is 5.76. The number of unbranched alkanes of at least 4 members (excludes halogenated alkanes) is 4. The molecule has 1 fully saturated rings. The molecule has 0 aromatic heterocycles. The van der Waals surface area contributed by atoms with Crippen molar-refractivity contribution >= 4 is 11.9 Å². The summed E-state index contributed by atoms with van der Waals surface area (Å²) in [6.07, 6.45) is 11.3. The number of methoxy groups -OCH3 is 1. The second-order valence-corrected chi connectivity index (χ2v) is 7.44. The van der Waals surface area contributed by atoms with Crippen molar-refractivity contribution in [1.82, 2.24) is 10.6 Å². The Balaban J connectivity index is 1.64. The van der Waals surface area contributed by atoms with Crippen LogP contribution in [0, 0.1) is 0 Å². The first kappa shape index (κ1) is 17.3. The summed E-state index contributed by atoms with van der Waals surface area (Å²) in [4.78, 5) is 12.2. The minimum absolute atomic E-state index is 0.178. The van der Waals surface area contributed by atoms with Crippen molar-refractivity contribution in [3.05, 3.63) is 11.3 Å². The molecule has 0 aromatic carbocycles. The zero-order valence-corrected chi connectivity index (χ0v) is 15.4. The van der Waals surface area contributed by atoms with E-state index >= 15 is 0 Å². The number of guanidine groups is 1. The van der Waals surface area contributed by atoms with Crippen molar-refractivity contribution in [2.45, 2.75) is 89.8 Å². The lowest BCUT2D eigenvalue weighted by molar-refractivity contribution is -0.580. The van der Waals surface area contributed by atoms with Crippen LogP contribution in [0.2, 0.25) is 0 Å². The van der Waals surface area contributed by atoms with E-state index in [2.05, 4.69) is 22.1 Å². The van der Waals surface area contributed by atoms with Gasteiger partial charge in [0.2, 0.25) is 0 Å². The molecule has 3 heterocycles. The number of nitrogens with one attached hydrogen (secondary N) is 2. The highest BCUT2D eigenvalue weighted by Crippen LogP contribution is 2.34. The SMILES string of the molecule is CCCCCCC[C@@H]1C[C@@H]2CC[C@@H]3C(C(=O)OC)=C(C)NC(=[N+]23)N1. The number of hydrogen-bond acceptors (Lipinski definition) is 4. The highest BCUT2D eigenvalue weighted by molar-refractivity contribution is 5.93. The summed E-state index contributed by atoms with van der Waals surface area (Å²) in [5.41, 5.74) is 1.75. The number of carbonyl (C=O) groups is 1. The van der Waals surface area contributed by atoms with Crippen LogP contribution >= 0.6 is 0 Å². The van der Waals surface area contributed by atoms with E-state index in [1.54, 1.807) is 0 Å². The number of ether oxygens (including phenoxy) is 1. The predicted molar refractivity (Wildman–Crippen MR) is 94.8 cm³/mol. The topological polar surface area (TPSA) is 53.4 Å². The summed E-state index contributed by atoms with van der Waals surface area (Å²) in [6.45, 7) is 4.25. The molecule has 3 rings (SSSR count). The standard InChI is InChI=1S/C19H31N3O2/c1-4-5-6-7-8-9-14-12-15-10-11-16-17(18(23)24-3)13(2)20-19(21-14)22(15)16/h14-16H,4-12H2,1-3H3,(H,20,21,23)/p+1/t14-,15+,16-/m1/s1. The van der Waals surface area contributed by atoms with Crippen LogP contribution in [0.4, 0.5) is 0 Å². The fourth-order valence-corrected chi connectivity index (χ4v) is 4.57. The molecule has 0 amide bonds. The van der Waals surface area contributed by atoms with E-state index in [4.69, 9.17) is 4.74 Å². The van der Waals surface area contributed by atoms with Crippen LogP contribution in [0.15, 0.2) is 11.3 Å². The number of nitrogens with zero attached hydrogens (tertiary/aromatic N) is 1. The Hall–Kier alpha value is -1.52. The van der Waals surface area contributed by atoms with Crippen LogP contribution in [0.25, 0.3) is 0 Å². The van der Waals surface area contributed by atoms with Gasteiger partial charge in [0.05, 0.1) is 24.9 Å². The molecule has 134 valence electrons. The molecule has 3 aliphatic heterocycles. The van der Waals surface area contributed by atoms with Gasteiger partial charge < -0.3 is 4.74 Å². The van der Waals surface area contributed by atoms with Crippen molar-refractivity contribution < 1.29 is 14.1 Å². The zero-order chi connectivity index (χ0) is 17.1. The fourth-order valence-electron chi connectivity index (χ4n) is 4.57. The maximum absolute atomic E-state index is 12.2. The van der Waals surface area contributed by atoms with Gasteiger partial charge in [-0.05, 0) is 26.2 Å². The van der Waals surface area contributed by atoms with E-state index in [0.29, 0.717) is 12.1 Å². The highest BCUT2D eigenvalue weighted by atomic mass is 16.5. The van der Waals surface area contributed by atoms with Gasteiger partial charge in [-0.15, -0.1) is 0 Å². The van der Waals surface area contributed by atoms with Gasteiger partial charge in [0.25, 0.3) is 0 Å². The Labute approximate surface area is 145 Å². The van der Waals surface area contributed by atoms with Crippen LogP contribution in [-0.2, 0) is 9.53 Å². The van der Waals surface area contributed by atoms with Gasteiger partial charge in [0.15, 0.2) is 0 Å². The lowest BCUT2D eigenvalue weighted by Crippen LogP contribution is -2.59. The minimum atomic E-state index is -0.192. The molecule has 3 aliphatic rings. The van der Waals surface area contributed by atoms with Gasteiger partial charge in [-0.3, -0.25) is 9.89 Å². The second kappa shape index (κ2) is 7.58. The number of rotatable bonds is 7. The van der Waals surface area contributed by atoms with Crippen LogP contribution in [0.5, 0.6) is 0 Å². The van der Waals surface area contributed by atoms with Crippen molar-refractivity contribution in [1.29, 1.82) is 0 Å². The van der Waals surface area contributed by atoms with E-state index in [1.807, 2.05) is 6.92 Å². The molecule has 0 bridgehead atoms. The Kier molecular flexibility index (Phi) is 5.47. The van der Waals surface area contributed by atoms with Crippen molar-refractivity contribution in [3.63, 3.8) is 0 Å². The van der Waals surface area contributed by atoms with Gasteiger partial charge in [-0.2, -0.15) is 0 Å². The van der Waals surface area contributed by atoms with Crippen LogP contribution < -0.4 is 10.6 Å². The minimum Gasteiger partial charge on any atom is -0.465 e. The average molecular weight is 334 g/mol. The number of esters is 1. The Morgan fingerprint density at radius 1 is 1.25 bits per heavy atom. The summed E-state index contributed by atoms with van der Waals surface area (Å²) < 4.78 is 7.40. The largest absolute Gasteiger partial charge is 0.465 e. The molecule has 0 saturated carbocycles. The maximum atomic E-state index is 12.2. The molecule has 0 radical (unpaired) electrons.